The molecule has 4 N–H and O–H groups in total. The molecule has 1 aromatic heterocycles. The smallest absolute Gasteiger partial charge is 0.227 e. The number of hydrogen-bond acceptors (Lipinski definition) is 7. The van der Waals surface area contributed by atoms with Gasteiger partial charge in [0.2, 0.25) is 17.1 Å². The van der Waals surface area contributed by atoms with E-state index in [2.05, 4.69) is 22.3 Å². The van der Waals surface area contributed by atoms with Crippen LogP contribution in [-0.2, 0) is 23.2 Å². The van der Waals surface area contributed by atoms with Gasteiger partial charge in [-0.05, 0) is 62.5 Å². The van der Waals surface area contributed by atoms with Gasteiger partial charge in [0.25, 0.3) is 0 Å². The minimum absolute atomic E-state index is 0.0763. The third-order valence-corrected chi connectivity index (χ3v) is 6.86. The van der Waals surface area contributed by atoms with Crippen molar-refractivity contribution in [3.8, 4) is 17.2 Å². The quantitative estimate of drug-likeness (QED) is 0.356. The Kier molecular flexibility index (Phi) is 7.64. The molecule has 0 atom stereocenters. The van der Waals surface area contributed by atoms with Crippen LogP contribution in [0.15, 0.2) is 63.8 Å². The van der Waals surface area contributed by atoms with E-state index in [1.54, 1.807) is 13.0 Å². The van der Waals surface area contributed by atoms with Crippen molar-refractivity contribution in [1.82, 2.24) is 10.2 Å². The molecule has 1 fully saturated rings. The van der Waals surface area contributed by atoms with Gasteiger partial charge in [-0.2, -0.15) is 0 Å². The second-order valence-electron chi connectivity index (χ2n) is 9.54. The van der Waals surface area contributed by atoms with E-state index in [-0.39, 0.29) is 29.6 Å². The van der Waals surface area contributed by atoms with E-state index in [9.17, 15) is 24.9 Å². The van der Waals surface area contributed by atoms with Crippen LogP contribution < -0.4 is 10.7 Å². The molecular weight excluding hydrogens is 460 g/mol. The number of amides is 1. The summed E-state index contributed by atoms with van der Waals surface area (Å²) in [5.41, 5.74) is 0.667. The Hall–Kier alpha value is -3.78. The van der Waals surface area contributed by atoms with E-state index < -0.39 is 16.6 Å². The minimum Gasteiger partial charge on any atom is -0.504 e. The number of piperidine rings is 1. The maximum absolute atomic E-state index is 13.0. The summed E-state index contributed by atoms with van der Waals surface area (Å²) in [4.78, 5) is 27.7. The van der Waals surface area contributed by atoms with Crippen molar-refractivity contribution in [3.63, 3.8) is 0 Å². The molecule has 4 rings (SSSR count). The fourth-order valence-corrected chi connectivity index (χ4v) is 4.87. The van der Waals surface area contributed by atoms with E-state index in [0.29, 0.717) is 44.7 Å². The van der Waals surface area contributed by atoms with Gasteiger partial charge in [-0.15, -0.1) is 0 Å². The highest BCUT2D eigenvalue weighted by Gasteiger charge is 2.43. The maximum Gasteiger partial charge on any atom is 0.227 e. The minimum atomic E-state index is -0.802. The van der Waals surface area contributed by atoms with E-state index in [1.807, 2.05) is 18.2 Å². The van der Waals surface area contributed by atoms with Crippen molar-refractivity contribution in [3.05, 3.63) is 87.5 Å². The average Bonchev–Trinajstić information content (AvgIpc) is 2.85. The van der Waals surface area contributed by atoms with Gasteiger partial charge in [-0.25, -0.2) is 0 Å². The number of benzene rings is 2. The molecule has 8 heteroatoms. The van der Waals surface area contributed by atoms with Crippen LogP contribution in [0, 0.1) is 6.92 Å². The summed E-state index contributed by atoms with van der Waals surface area (Å²) in [5, 5.41) is 32.7. The number of phenolic OH excluding ortho intramolecular Hbond substituents is 2. The van der Waals surface area contributed by atoms with Crippen molar-refractivity contribution in [2.24, 2.45) is 0 Å². The van der Waals surface area contributed by atoms with Crippen molar-refractivity contribution in [2.45, 2.75) is 44.6 Å². The number of carbonyl (C=O) groups is 1. The summed E-state index contributed by atoms with van der Waals surface area (Å²) in [6.07, 6.45) is 1.66. The van der Waals surface area contributed by atoms with Gasteiger partial charge in [0.1, 0.15) is 5.76 Å². The largest absolute Gasteiger partial charge is 0.504 e. The first kappa shape index (κ1) is 25.3. The molecule has 1 aliphatic heterocycles. The van der Waals surface area contributed by atoms with Gasteiger partial charge in [0.15, 0.2) is 17.3 Å². The Labute approximate surface area is 209 Å². The van der Waals surface area contributed by atoms with Gasteiger partial charge in [0.05, 0.1) is 0 Å². The highest BCUT2D eigenvalue weighted by atomic mass is 16.4. The van der Waals surface area contributed by atoms with Crippen LogP contribution in [0.5, 0.6) is 17.2 Å². The van der Waals surface area contributed by atoms with Crippen LogP contribution in [0.2, 0.25) is 0 Å². The molecular formula is C28H32N2O6. The number of nitrogens with zero attached hydrogens (tertiary/aromatic N) is 1. The van der Waals surface area contributed by atoms with Crippen molar-refractivity contribution in [1.29, 1.82) is 0 Å². The monoisotopic (exact) mass is 492 g/mol. The second kappa shape index (κ2) is 10.9. The Morgan fingerprint density at radius 3 is 2.42 bits per heavy atom. The van der Waals surface area contributed by atoms with Gasteiger partial charge >= 0.3 is 0 Å². The van der Waals surface area contributed by atoms with Crippen LogP contribution in [0.4, 0.5) is 0 Å². The predicted molar refractivity (Wildman–Crippen MR) is 135 cm³/mol. The van der Waals surface area contributed by atoms with Crippen LogP contribution in [-0.4, -0.2) is 45.8 Å². The zero-order chi connectivity index (χ0) is 25.7. The first-order chi connectivity index (χ1) is 17.3. The van der Waals surface area contributed by atoms with Gasteiger partial charge in [-0.1, -0.05) is 36.4 Å². The highest BCUT2D eigenvalue weighted by molar-refractivity contribution is 5.77. The Balaban J connectivity index is 1.47. The number of aryl methyl sites for hydroxylation is 1. The molecule has 36 heavy (non-hydrogen) atoms. The maximum atomic E-state index is 13.0. The number of aromatic hydroxyl groups is 3. The summed E-state index contributed by atoms with van der Waals surface area (Å²) in [7, 11) is 0. The normalized spacial score (nSPS) is 15.5. The molecule has 0 bridgehead atoms. The number of carbonyl (C=O) groups excluding carboxylic acids is 1. The summed E-state index contributed by atoms with van der Waals surface area (Å²) in [6.45, 7) is 4.16. The molecule has 0 radical (unpaired) electrons. The number of rotatable bonds is 8. The molecule has 8 nitrogen and oxygen atoms in total. The lowest BCUT2D eigenvalue weighted by Crippen LogP contribution is -2.45. The SMILES string of the molecule is Cc1cc(=O)c(O)c(C2(CC(=O)NCCc3ccc(O)c(O)c3)CCN(Cc3ccccc3)CC2)o1. The van der Waals surface area contributed by atoms with E-state index in [0.717, 1.165) is 12.1 Å². The summed E-state index contributed by atoms with van der Waals surface area (Å²) < 4.78 is 5.88. The number of nitrogens with one attached hydrogen (secondary N) is 1. The molecule has 3 aromatic rings. The third kappa shape index (κ3) is 5.88. The Bertz CT molecular complexity index is 1260. The summed E-state index contributed by atoms with van der Waals surface area (Å²) in [6, 6.07) is 16.0. The molecule has 0 aliphatic carbocycles. The van der Waals surface area contributed by atoms with Gasteiger partial charge < -0.3 is 25.1 Å². The van der Waals surface area contributed by atoms with Crippen LogP contribution in [0.1, 0.15) is 41.9 Å². The predicted octanol–water partition coefficient (Wildman–Crippen LogP) is 3.35. The summed E-state index contributed by atoms with van der Waals surface area (Å²) in [5.74, 6) is -0.452. The van der Waals surface area contributed by atoms with Crippen LogP contribution >= 0.6 is 0 Å². The zero-order valence-electron chi connectivity index (χ0n) is 20.4. The molecule has 1 saturated heterocycles. The fourth-order valence-electron chi connectivity index (χ4n) is 4.87. The molecule has 0 unspecified atom stereocenters. The first-order valence-electron chi connectivity index (χ1n) is 12.1. The molecule has 1 amide bonds. The lowest BCUT2D eigenvalue weighted by Gasteiger charge is -2.41. The Morgan fingerprint density at radius 1 is 1.00 bits per heavy atom. The second-order valence-corrected chi connectivity index (χ2v) is 9.54. The van der Waals surface area contributed by atoms with Crippen molar-refractivity contribution >= 4 is 5.91 Å². The first-order valence-corrected chi connectivity index (χ1v) is 12.1. The van der Waals surface area contributed by atoms with E-state index in [4.69, 9.17) is 4.42 Å². The number of likely N-dealkylation sites (tertiary alicyclic amines) is 1. The molecule has 1 aliphatic rings. The van der Waals surface area contributed by atoms with E-state index in [1.165, 1.54) is 23.8 Å². The fraction of sp³-hybridized carbons (Fsp3) is 0.357. The molecule has 0 saturated carbocycles. The molecule has 0 spiro atoms. The lowest BCUT2D eigenvalue weighted by atomic mass is 9.72. The lowest BCUT2D eigenvalue weighted by molar-refractivity contribution is -0.123. The van der Waals surface area contributed by atoms with Crippen LogP contribution in [0.3, 0.4) is 0 Å². The average molecular weight is 493 g/mol. The zero-order valence-corrected chi connectivity index (χ0v) is 20.4. The third-order valence-electron chi connectivity index (χ3n) is 6.86. The highest BCUT2D eigenvalue weighted by Crippen LogP contribution is 2.42. The topological polar surface area (TPSA) is 123 Å². The van der Waals surface area contributed by atoms with E-state index >= 15 is 0 Å². The van der Waals surface area contributed by atoms with Crippen LogP contribution in [0.25, 0.3) is 0 Å². The summed E-state index contributed by atoms with van der Waals surface area (Å²) >= 11 is 0. The molecule has 190 valence electrons. The number of hydrogen-bond donors (Lipinski definition) is 4. The molecule has 2 heterocycles. The van der Waals surface area contributed by atoms with Crippen molar-refractivity contribution < 1.29 is 24.5 Å². The standard InChI is InChI=1S/C28H32N2O6/c1-19-15-24(33)26(35)27(36-19)28(10-13-30(14-11-28)18-21-5-3-2-4-6-21)17-25(34)29-12-9-20-7-8-22(31)23(32)16-20/h2-8,15-16,31-32,35H,9-14,17-18H2,1H3,(H,29,34). The Morgan fingerprint density at radius 2 is 1.72 bits per heavy atom. The van der Waals surface area contributed by atoms with Gasteiger partial charge in [0, 0.05) is 31.0 Å². The van der Waals surface area contributed by atoms with Crippen molar-refractivity contribution in [2.75, 3.05) is 19.6 Å². The number of phenols is 2. The van der Waals surface area contributed by atoms with Gasteiger partial charge in [-0.3, -0.25) is 14.5 Å². The molecule has 2 aromatic carbocycles.